The van der Waals surface area contributed by atoms with Gasteiger partial charge in [-0.1, -0.05) is 77.0 Å². The molecule has 0 amide bonds. The molecule has 1 atom stereocenters. The van der Waals surface area contributed by atoms with Crippen LogP contribution in [0, 0.1) is 0 Å². The predicted molar refractivity (Wildman–Crippen MR) is 200 cm³/mol. The van der Waals surface area contributed by atoms with E-state index < -0.39 is 18.0 Å². The topological polar surface area (TPSA) is 115 Å². The number of nitrogens with zero attached hydrogens (tertiary/aromatic N) is 2. The van der Waals surface area contributed by atoms with E-state index in [1.807, 2.05) is 49.4 Å². The van der Waals surface area contributed by atoms with Gasteiger partial charge in [0.1, 0.15) is 12.4 Å². The van der Waals surface area contributed by atoms with Crippen LogP contribution in [0.25, 0.3) is 16.8 Å². The van der Waals surface area contributed by atoms with E-state index in [9.17, 15) is 14.4 Å². The van der Waals surface area contributed by atoms with Gasteiger partial charge in [-0.05, 0) is 73.5 Å². The lowest BCUT2D eigenvalue weighted by Crippen LogP contribution is -2.40. The largest absolute Gasteiger partial charge is 0.490 e. The highest BCUT2D eigenvalue weighted by Crippen LogP contribution is 2.37. The van der Waals surface area contributed by atoms with Gasteiger partial charge in [-0.2, -0.15) is 0 Å². The first-order chi connectivity index (χ1) is 25.1. The molecule has 6 rings (SSSR count). The molecule has 13 heteroatoms. The van der Waals surface area contributed by atoms with Crippen LogP contribution in [-0.2, 0) is 25.7 Å². The molecule has 1 aromatic heterocycles. The molecule has 52 heavy (non-hydrogen) atoms. The highest BCUT2D eigenvalue weighted by atomic mass is 35.5. The predicted octanol–water partition coefficient (Wildman–Crippen LogP) is 6.79. The van der Waals surface area contributed by atoms with Gasteiger partial charge in [0, 0.05) is 21.2 Å². The molecule has 0 fully saturated rings. The second-order valence-corrected chi connectivity index (χ2v) is 13.4. The molecule has 0 aliphatic carbocycles. The van der Waals surface area contributed by atoms with E-state index in [1.165, 1.54) is 23.0 Å². The molecular formula is C39H34Cl2N2O8S. The lowest BCUT2D eigenvalue weighted by molar-refractivity contribution is -0.143. The molecule has 268 valence electrons. The maximum absolute atomic E-state index is 14.6. The molecule has 1 aliphatic heterocycles. The number of hydrogen-bond acceptors (Lipinski definition) is 10. The summed E-state index contributed by atoms with van der Waals surface area (Å²) in [7, 11) is 1.27. The Hall–Kier alpha value is -5.10. The SMILES string of the molecule is CCOC(=O)C1=C(C)N=c2s/c(=C/c3c(OCc4ccc(Cl)cc4Cl)ccc4ccccc34)c(=O)n2[C@H]1c1ccc(OCC(=O)OC)c(OCC)c1. The molecule has 5 aromatic rings. The van der Waals surface area contributed by atoms with Crippen molar-refractivity contribution >= 4 is 63.3 Å². The van der Waals surface area contributed by atoms with Crippen molar-refractivity contribution in [3.8, 4) is 17.2 Å². The van der Waals surface area contributed by atoms with Crippen LogP contribution in [0.1, 0.15) is 43.5 Å². The highest BCUT2D eigenvalue weighted by Gasteiger charge is 2.34. The van der Waals surface area contributed by atoms with E-state index in [4.69, 9.17) is 51.9 Å². The van der Waals surface area contributed by atoms with Crippen molar-refractivity contribution in [1.82, 2.24) is 4.57 Å². The number of carbonyl (C=O) groups excluding carboxylic acids is 2. The number of benzene rings is 4. The summed E-state index contributed by atoms with van der Waals surface area (Å²) < 4.78 is 29.9. The zero-order valence-corrected chi connectivity index (χ0v) is 31.1. The number of ether oxygens (including phenoxy) is 5. The number of thiazole rings is 1. The Kier molecular flexibility index (Phi) is 11.3. The average Bonchev–Trinajstić information content (AvgIpc) is 3.44. The molecule has 0 saturated carbocycles. The fourth-order valence-electron chi connectivity index (χ4n) is 5.86. The minimum Gasteiger partial charge on any atom is -0.490 e. The van der Waals surface area contributed by atoms with E-state index >= 15 is 0 Å². The van der Waals surface area contributed by atoms with E-state index in [0.29, 0.717) is 60.1 Å². The van der Waals surface area contributed by atoms with E-state index in [2.05, 4.69) is 0 Å². The van der Waals surface area contributed by atoms with Gasteiger partial charge in [0.15, 0.2) is 22.9 Å². The first kappa shape index (κ1) is 36.7. The number of halogens is 2. The summed E-state index contributed by atoms with van der Waals surface area (Å²) in [5.74, 6) is -0.000234. The molecule has 4 aromatic carbocycles. The van der Waals surface area contributed by atoms with Crippen LogP contribution >= 0.6 is 34.5 Å². The first-order valence-electron chi connectivity index (χ1n) is 16.4. The molecule has 2 heterocycles. The molecule has 10 nitrogen and oxygen atoms in total. The Labute approximate surface area is 313 Å². The maximum Gasteiger partial charge on any atom is 0.343 e. The van der Waals surface area contributed by atoms with E-state index in [-0.39, 0.29) is 31.0 Å². The van der Waals surface area contributed by atoms with Crippen molar-refractivity contribution in [1.29, 1.82) is 0 Å². The lowest BCUT2D eigenvalue weighted by atomic mass is 9.95. The summed E-state index contributed by atoms with van der Waals surface area (Å²) in [5.41, 5.74) is 2.24. The van der Waals surface area contributed by atoms with Gasteiger partial charge in [0.25, 0.3) is 5.56 Å². The van der Waals surface area contributed by atoms with E-state index in [0.717, 1.165) is 16.3 Å². The number of esters is 2. The minimum absolute atomic E-state index is 0.127. The third kappa shape index (κ3) is 7.57. The van der Waals surface area contributed by atoms with Crippen molar-refractivity contribution < 1.29 is 33.3 Å². The molecular weight excluding hydrogens is 727 g/mol. The second kappa shape index (κ2) is 16.1. The number of aromatic nitrogens is 1. The molecule has 0 saturated heterocycles. The Balaban J connectivity index is 1.50. The van der Waals surface area contributed by atoms with Crippen molar-refractivity contribution in [3.05, 3.63) is 130 Å². The third-order valence-corrected chi connectivity index (χ3v) is 9.85. The van der Waals surface area contributed by atoms with Crippen LogP contribution in [0.5, 0.6) is 17.2 Å². The van der Waals surface area contributed by atoms with Gasteiger partial charge >= 0.3 is 11.9 Å². The summed E-state index contributed by atoms with van der Waals surface area (Å²) in [5, 5.41) is 2.82. The van der Waals surface area contributed by atoms with Gasteiger partial charge in [0.2, 0.25) is 0 Å². The second-order valence-electron chi connectivity index (χ2n) is 11.5. The number of hydrogen-bond donors (Lipinski definition) is 0. The van der Waals surface area contributed by atoms with Crippen molar-refractivity contribution in [2.75, 3.05) is 26.9 Å². The van der Waals surface area contributed by atoms with Crippen LogP contribution in [-0.4, -0.2) is 43.4 Å². The quantitative estimate of drug-likeness (QED) is 0.128. The van der Waals surface area contributed by atoms with Gasteiger partial charge in [-0.15, -0.1) is 0 Å². The zero-order chi connectivity index (χ0) is 36.9. The monoisotopic (exact) mass is 760 g/mol. The number of fused-ring (bicyclic) bond motifs is 2. The molecule has 1 aliphatic rings. The van der Waals surface area contributed by atoms with Crippen LogP contribution in [0.4, 0.5) is 0 Å². The number of methoxy groups -OCH3 is 1. The standard InChI is InChI=1S/C39H34Cl2N2O8S/c1-5-48-32-17-24(13-16-31(32)51-21-34(44)47-4)36-35(38(46)49-6-2)22(3)42-39-43(36)37(45)33(52-39)19-28-27-10-8-7-9-23(27)12-15-30(28)50-20-25-11-14-26(40)18-29(25)41/h7-19,36H,5-6,20-21H2,1-4H3/b33-19+/t36-/m0/s1. The summed E-state index contributed by atoms with van der Waals surface area (Å²) in [6, 6.07) is 21.0. The molecule has 0 unspecified atom stereocenters. The summed E-state index contributed by atoms with van der Waals surface area (Å²) >= 11 is 13.7. The van der Waals surface area contributed by atoms with Gasteiger partial charge < -0.3 is 23.7 Å². The molecule has 0 N–H and O–H groups in total. The Bertz CT molecular complexity index is 2400. The third-order valence-electron chi connectivity index (χ3n) is 8.28. The fourth-order valence-corrected chi connectivity index (χ4v) is 7.35. The van der Waals surface area contributed by atoms with E-state index in [1.54, 1.807) is 50.3 Å². The average molecular weight is 762 g/mol. The normalized spacial score (nSPS) is 14.1. The number of allylic oxidation sites excluding steroid dienone is 1. The first-order valence-corrected chi connectivity index (χ1v) is 17.9. The smallest absolute Gasteiger partial charge is 0.343 e. The van der Waals surface area contributed by atoms with Crippen LogP contribution in [0.15, 0.2) is 93.9 Å². The zero-order valence-electron chi connectivity index (χ0n) is 28.7. The van der Waals surface area contributed by atoms with Crippen molar-refractivity contribution in [2.45, 2.75) is 33.4 Å². The maximum atomic E-state index is 14.6. The summed E-state index contributed by atoms with van der Waals surface area (Å²) in [6.07, 6.45) is 1.79. The number of rotatable bonds is 12. The fraction of sp³-hybridized carbons (Fsp3) is 0.231. The summed E-state index contributed by atoms with van der Waals surface area (Å²) in [4.78, 5) is 45.0. The van der Waals surface area contributed by atoms with Gasteiger partial charge in [0.05, 0.1) is 42.2 Å². The minimum atomic E-state index is -0.915. The highest BCUT2D eigenvalue weighted by molar-refractivity contribution is 7.07. The molecule has 0 radical (unpaired) electrons. The Morgan fingerprint density at radius 1 is 0.923 bits per heavy atom. The lowest BCUT2D eigenvalue weighted by Gasteiger charge is -2.25. The van der Waals surface area contributed by atoms with Crippen LogP contribution < -0.4 is 29.1 Å². The van der Waals surface area contributed by atoms with Crippen LogP contribution in [0.2, 0.25) is 10.0 Å². The Morgan fingerprint density at radius 3 is 2.46 bits per heavy atom. The van der Waals surface area contributed by atoms with Crippen LogP contribution in [0.3, 0.4) is 0 Å². The van der Waals surface area contributed by atoms with Gasteiger partial charge in [-0.3, -0.25) is 9.36 Å². The Morgan fingerprint density at radius 2 is 1.71 bits per heavy atom. The van der Waals surface area contributed by atoms with Crippen molar-refractivity contribution in [2.24, 2.45) is 4.99 Å². The molecule has 0 spiro atoms. The van der Waals surface area contributed by atoms with Crippen molar-refractivity contribution in [3.63, 3.8) is 0 Å². The summed E-state index contributed by atoms with van der Waals surface area (Å²) in [6.45, 7) is 5.49. The van der Waals surface area contributed by atoms with Gasteiger partial charge in [-0.25, -0.2) is 14.6 Å². The molecule has 0 bridgehead atoms. The number of carbonyl (C=O) groups is 2.